The van der Waals surface area contributed by atoms with E-state index in [1.54, 1.807) is 0 Å². The summed E-state index contributed by atoms with van der Waals surface area (Å²) in [5.41, 5.74) is -2.90. The lowest BCUT2D eigenvalue weighted by atomic mass is 9.99. The first kappa shape index (κ1) is 14.9. The van der Waals surface area contributed by atoms with Crippen LogP contribution in [0.1, 0.15) is 17.5 Å². The van der Waals surface area contributed by atoms with Gasteiger partial charge >= 0.3 is 12.1 Å². The molecule has 0 fully saturated rings. The van der Waals surface area contributed by atoms with E-state index in [4.69, 9.17) is 5.11 Å². The minimum absolute atomic E-state index is 0.0234. The van der Waals surface area contributed by atoms with Crippen LogP contribution in [0.15, 0.2) is 22.7 Å². The summed E-state index contributed by atoms with van der Waals surface area (Å²) in [5, 5.41) is 8.29. The largest absolute Gasteiger partial charge is 0.481 e. The number of carbonyl (C=O) groups is 1. The summed E-state index contributed by atoms with van der Waals surface area (Å²) < 4.78 is 64.6. The van der Waals surface area contributed by atoms with E-state index in [1.807, 2.05) is 0 Å². The molecule has 0 unspecified atom stereocenters. The molecule has 0 atom stereocenters. The molecule has 0 aliphatic rings. The summed E-state index contributed by atoms with van der Waals surface area (Å²) in [5.74, 6) is -5.96. The summed E-state index contributed by atoms with van der Waals surface area (Å²) in [6, 6.07) is 2.06. The first-order valence-corrected chi connectivity index (χ1v) is 5.30. The fourth-order valence-corrected chi connectivity index (χ4v) is 1.72. The van der Waals surface area contributed by atoms with Crippen LogP contribution in [0.25, 0.3) is 0 Å². The molecule has 100 valence electrons. The molecule has 0 radical (unpaired) electrons. The first-order chi connectivity index (χ1) is 8.04. The molecule has 0 aromatic heterocycles. The summed E-state index contributed by atoms with van der Waals surface area (Å²) in [4.78, 5) is 10.2. The molecule has 1 N–H and O–H groups in total. The van der Waals surface area contributed by atoms with Gasteiger partial charge in [-0.05, 0) is 12.1 Å². The van der Waals surface area contributed by atoms with Gasteiger partial charge < -0.3 is 5.11 Å². The van der Waals surface area contributed by atoms with Crippen molar-refractivity contribution in [3.63, 3.8) is 0 Å². The Morgan fingerprint density at radius 3 is 2.17 bits per heavy atom. The van der Waals surface area contributed by atoms with Crippen LogP contribution in [-0.4, -0.2) is 11.1 Å². The first-order valence-electron chi connectivity index (χ1n) is 4.51. The normalized spacial score (nSPS) is 12.6. The predicted octanol–water partition coefficient (Wildman–Crippen LogP) is 4.03. The van der Waals surface area contributed by atoms with Gasteiger partial charge in [-0.25, -0.2) is 8.78 Å². The van der Waals surface area contributed by atoms with E-state index in [-0.39, 0.29) is 4.47 Å². The molecule has 0 saturated heterocycles. The zero-order valence-corrected chi connectivity index (χ0v) is 10.1. The Bertz CT molecular complexity index is 470. The Morgan fingerprint density at radius 2 is 1.72 bits per heavy atom. The molecule has 0 amide bonds. The molecule has 1 aromatic carbocycles. The highest BCUT2D eigenvalue weighted by Crippen LogP contribution is 2.42. The highest BCUT2D eigenvalue weighted by molar-refractivity contribution is 9.10. The maximum atomic E-state index is 13.4. The van der Waals surface area contributed by atoms with E-state index in [0.29, 0.717) is 12.1 Å². The van der Waals surface area contributed by atoms with Gasteiger partial charge in [0, 0.05) is 10.0 Å². The maximum absolute atomic E-state index is 13.4. The van der Waals surface area contributed by atoms with Gasteiger partial charge in [0.2, 0.25) is 0 Å². The van der Waals surface area contributed by atoms with Crippen molar-refractivity contribution in [2.45, 2.75) is 18.5 Å². The number of alkyl halides is 5. The third kappa shape index (κ3) is 3.41. The molecule has 0 heterocycles. The van der Waals surface area contributed by atoms with Gasteiger partial charge in [-0.15, -0.1) is 0 Å². The Kier molecular flexibility index (Phi) is 3.99. The molecule has 1 rings (SSSR count). The lowest BCUT2D eigenvalue weighted by Crippen LogP contribution is -2.23. The third-order valence-electron chi connectivity index (χ3n) is 2.05. The quantitative estimate of drug-likeness (QED) is 0.848. The van der Waals surface area contributed by atoms with Crippen molar-refractivity contribution in [1.82, 2.24) is 0 Å². The van der Waals surface area contributed by atoms with Crippen molar-refractivity contribution < 1.29 is 31.9 Å². The molecular weight excluding hydrogens is 327 g/mol. The van der Waals surface area contributed by atoms with Crippen LogP contribution < -0.4 is 0 Å². The van der Waals surface area contributed by atoms with Crippen molar-refractivity contribution in [1.29, 1.82) is 0 Å². The fourth-order valence-electron chi connectivity index (χ4n) is 1.36. The van der Waals surface area contributed by atoms with Crippen molar-refractivity contribution in [3.8, 4) is 0 Å². The molecule has 8 heteroatoms. The topological polar surface area (TPSA) is 37.3 Å². The number of hydrogen-bond donors (Lipinski definition) is 1. The van der Waals surface area contributed by atoms with Crippen LogP contribution in [0.4, 0.5) is 22.0 Å². The zero-order chi connectivity index (χ0) is 14.1. The van der Waals surface area contributed by atoms with E-state index in [9.17, 15) is 26.7 Å². The predicted molar refractivity (Wildman–Crippen MR) is 55.3 cm³/mol. The second-order valence-corrected chi connectivity index (χ2v) is 4.38. The van der Waals surface area contributed by atoms with Crippen LogP contribution in [0.2, 0.25) is 0 Å². The van der Waals surface area contributed by atoms with Crippen molar-refractivity contribution in [3.05, 3.63) is 33.8 Å². The average Bonchev–Trinajstić information content (AvgIpc) is 2.13. The smallest absolute Gasteiger partial charge is 0.416 e. The van der Waals surface area contributed by atoms with Crippen LogP contribution >= 0.6 is 15.9 Å². The molecule has 2 nitrogen and oxygen atoms in total. The van der Waals surface area contributed by atoms with Gasteiger partial charge in [-0.3, -0.25) is 4.79 Å². The molecule has 18 heavy (non-hydrogen) atoms. The summed E-state index contributed by atoms with van der Waals surface area (Å²) in [7, 11) is 0. The molecule has 0 bridgehead atoms. The Labute approximate surface area is 107 Å². The minimum atomic E-state index is -4.99. The van der Waals surface area contributed by atoms with Crippen LogP contribution in [0.3, 0.4) is 0 Å². The molecule has 0 aliphatic carbocycles. The zero-order valence-electron chi connectivity index (χ0n) is 8.56. The second-order valence-electron chi connectivity index (χ2n) is 3.46. The molecule has 1 aromatic rings. The number of halogens is 6. The van der Waals surface area contributed by atoms with Gasteiger partial charge in [0.05, 0.1) is 5.56 Å². The van der Waals surface area contributed by atoms with Crippen LogP contribution in [-0.2, 0) is 16.9 Å². The van der Waals surface area contributed by atoms with Gasteiger partial charge in [0.1, 0.15) is 6.42 Å². The number of rotatable bonds is 3. The maximum Gasteiger partial charge on any atom is 0.416 e. The Hall–Kier alpha value is -1.18. The molecule has 0 spiro atoms. The third-order valence-corrected chi connectivity index (χ3v) is 2.55. The fraction of sp³-hybridized carbons (Fsp3) is 0.300. The summed E-state index contributed by atoms with van der Waals surface area (Å²) in [6.45, 7) is 0. The molecule has 0 saturated carbocycles. The van der Waals surface area contributed by atoms with Gasteiger partial charge in [-0.1, -0.05) is 22.0 Å². The van der Waals surface area contributed by atoms with Crippen molar-refractivity contribution in [2.75, 3.05) is 0 Å². The van der Waals surface area contributed by atoms with E-state index in [1.165, 1.54) is 0 Å². The highest BCUT2D eigenvalue weighted by Gasteiger charge is 2.43. The SMILES string of the molecule is O=C(O)CC(F)(F)c1ccc(Br)cc1C(F)(F)F. The lowest BCUT2D eigenvalue weighted by Gasteiger charge is -2.20. The number of benzene rings is 1. The Balaban J connectivity index is 3.36. The van der Waals surface area contributed by atoms with Crippen LogP contribution in [0.5, 0.6) is 0 Å². The molecular formula is C10H6BrF5O2. The standard InChI is InChI=1S/C10H6BrF5O2/c11-5-1-2-6(7(3-5)10(14,15)16)9(12,13)4-8(17)18/h1-3H,4H2,(H,17,18). The number of hydrogen-bond acceptors (Lipinski definition) is 1. The van der Waals surface area contributed by atoms with E-state index in [2.05, 4.69) is 15.9 Å². The van der Waals surface area contributed by atoms with E-state index in [0.717, 1.165) is 6.07 Å². The van der Waals surface area contributed by atoms with Crippen molar-refractivity contribution in [2.24, 2.45) is 0 Å². The summed E-state index contributed by atoms with van der Waals surface area (Å²) >= 11 is 2.75. The summed E-state index contributed by atoms with van der Waals surface area (Å²) in [6.07, 6.45) is -6.68. The number of carboxylic acid groups (broad SMARTS) is 1. The van der Waals surface area contributed by atoms with Gasteiger partial charge in [-0.2, -0.15) is 13.2 Å². The minimum Gasteiger partial charge on any atom is -0.481 e. The van der Waals surface area contributed by atoms with E-state index >= 15 is 0 Å². The highest BCUT2D eigenvalue weighted by atomic mass is 79.9. The van der Waals surface area contributed by atoms with E-state index < -0.39 is 35.6 Å². The van der Waals surface area contributed by atoms with Gasteiger partial charge in [0.15, 0.2) is 0 Å². The van der Waals surface area contributed by atoms with Gasteiger partial charge in [0.25, 0.3) is 5.92 Å². The lowest BCUT2D eigenvalue weighted by molar-refractivity contribution is -0.151. The average molecular weight is 333 g/mol. The monoisotopic (exact) mass is 332 g/mol. The van der Waals surface area contributed by atoms with Crippen molar-refractivity contribution >= 4 is 21.9 Å². The second kappa shape index (κ2) is 4.83. The number of carboxylic acids is 1. The molecule has 0 aliphatic heterocycles. The van der Waals surface area contributed by atoms with Crippen LogP contribution in [0, 0.1) is 0 Å². The Morgan fingerprint density at radius 1 is 1.17 bits per heavy atom. The number of aliphatic carboxylic acids is 1.